The van der Waals surface area contributed by atoms with Gasteiger partial charge in [-0.3, -0.25) is 0 Å². The molecule has 92 valence electrons. The minimum absolute atomic E-state index is 0.504. The van der Waals surface area contributed by atoms with Crippen LogP contribution in [0.5, 0.6) is 0 Å². The molecule has 2 aromatic heterocycles. The fraction of sp³-hybridized carbons (Fsp3) is 0. The first-order valence-corrected chi connectivity index (χ1v) is 6.64. The molecule has 3 nitrogen and oxygen atoms in total. The lowest BCUT2D eigenvalue weighted by atomic mass is 10.2. The van der Waals surface area contributed by atoms with Crippen LogP contribution in [0, 0.1) is 0 Å². The van der Waals surface area contributed by atoms with Gasteiger partial charge in [0.2, 0.25) is 0 Å². The normalized spacial score (nSPS) is 11.4. The Balaban J connectivity index is 1.93. The SMILES string of the molecule is Brc1ccc2nc(-c3cc4ccccc4o3)oc2c1. The van der Waals surface area contributed by atoms with E-state index in [1.165, 1.54) is 0 Å². The number of aromatic nitrogens is 1. The van der Waals surface area contributed by atoms with Crippen molar-refractivity contribution in [3.63, 3.8) is 0 Å². The second-order valence-corrected chi connectivity index (χ2v) is 5.20. The summed E-state index contributed by atoms with van der Waals surface area (Å²) in [7, 11) is 0. The average Bonchev–Trinajstić information content (AvgIpc) is 3.00. The van der Waals surface area contributed by atoms with E-state index in [9.17, 15) is 0 Å². The third kappa shape index (κ3) is 1.76. The zero-order chi connectivity index (χ0) is 12.8. The fourth-order valence-corrected chi connectivity index (χ4v) is 2.43. The summed E-state index contributed by atoms with van der Waals surface area (Å²) in [5, 5.41) is 1.04. The van der Waals surface area contributed by atoms with Gasteiger partial charge in [-0.2, -0.15) is 0 Å². The number of hydrogen-bond acceptors (Lipinski definition) is 3. The summed E-state index contributed by atoms with van der Waals surface area (Å²) in [6, 6.07) is 15.5. The maximum absolute atomic E-state index is 5.75. The van der Waals surface area contributed by atoms with E-state index in [4.69, 9.17) is 8.83 Å². The van der Waals surface area contributed by atoms with E-state index in [-0.39, 0.29) is 0 Å². The van der Waals surface area contributed by atoms with Crippen molar-refractivity contribution in [3.05, 3.63) is 53.0 Å². The summed E-state index contributed by atoms with van der Waals surface area (Å²) in [5.41, 5.74) is 2.39. The number of benzene rings is 2. The number of fused-ring (bicyclic) bond motifs is 2. The maximum Gasteiger partial charge on any atom is 0.263 e. The van der Waals surface area contributed by atoms with Gasteiger partial charge in [-0.25, -0.2) is 4.98 Å². The third-order valence-electron chi connectivity index (χ3n) is 2.99. The fourth-order valence-electron chi connectivity index (χ4n) is 2.09. The van der Waals surface area contributed by atoms with Crippen molar-refractivity contribution in [2.45, 2.75) is 0 Å². The molecule has 2 heterocycles. The number of furan rings is 1. The van der Waals surface area contributed by atoms with Gasteiger partial charge < -0.3 is 8.83 Å². The molecule has 0 saturated heterocycles. The highest BCUT2D eigenvalue weighted by Crippen LogP contribution is 2.30. The molecule has 0 spiro atoms. The molecule has 0 aliphatic heterocycles. The molecule has 0 fully saturated rings. The molecule has 2 aromatic carbocycles. The number of para-hydroxylation sites is 1. The molecular formula is C15H8BrNO2. The summed E-state index contributed by atoms with van der Waals surface area (Å²) in [5.74, 6) is 1.15. The Morgan fingerprint density at radius 2 is 1.79 bits per heavy atom. The molecule has 0 amide bonds. The molecule has 0 aliphatic carbocycles. The lowest BCUT2D eigenvalue weighted by Crippen LogP contribution is -1.70. The molecule has 0 atom stereocenters. The summed E-state index contributed by atoms with van der Waals surface area (Å²) < 4.78 is 12.4. The smallest absolute Gasteiger partial charge is 0.263 e. The Morgan fingerprint density at radius 3 is 2.68 bits per heavy atom. The Bertz CT molecular complexity index is 858. The molecule has 0 radical (unpaired) electrons. The van der Waals surface area contributed by atoms with Crippen molar-refractivity contribution >= 4 is 38.0 Å². The highest BCUT2D eigenvalue weighted by molar-refractivity contribution is 9.10. The number of nitrogens with zero attached hydrogens (tertiary/aromatic N) is 1. The number of halogens is 1. The van der Waals surface area contributed by atoms with Gasteiger partial charge in [-0.1, -0.05) is 34.1 Å². The lowest BCUT2D eigenvalue weighted by molar-refractivity contribution is 0.559. The highest BCUT2D eigenvalue weighted by Gasteiger charge is 2.13. The van der Waals surface area contributed by atoms with E-state index in [0.717, 1.165) is 26.5 Å². The zero-order valence-electron chi connectivity index (χ0n) is 9.76. The van der Waals surface area contributed by atoms with Gasteiger partial charge in [0.1, 0.15) is 11.1 Å². The second-order valence-electron chi connectivity index (χ2n) is 4.28. The monoisotopic (exact) mass is 313 g/mol. The Hall–Kier alpha value is -2.07. The predicted molar refractivity (Wildman–Crippen MR) is 76.9 cm³/mol. The van der Waals surface area contributed by atoms with E-state index in [2.05, 4.69) is 20.9 Å². The number of rotatable bonds is 1. The van der Waals surface area contributed by atoms with Gasteiger partial charge in [-0.05, 0) is 30.3 Å². The van der Waals surface area contributed by atoms with Crippen molar-refractivity contribution < 1.29 is 8.83 Å². The molecule has 0 bridgehead atoms. The molecule has 4 heteroatoms. The van der Waals surface area contributed by atoms with Crippen LogP contribution in [0.3, 0.4) is 0 Å². The van der Waals surface area contributed by atoms with Crippen LogP contribution < -0.4 is 0 Å². The van der Waals surface area contributed by atoms with Crippen LogP contribution in [0.2, 0.25) is 0 Å². The average molecular weight is 314 g/mol. The van der Waals surface area contributed by atoms with E-state index >= 15 is 0 Å². The van der Waals surface area contributed by atoms with Gasteiger partial charge in [-0.15, -0.1) is 0 Å². The van der Waals surface area contributed by atoms with Crippen molar-refractivity contribution in [2.24, 2.45) is 0 Å². The number of oxazole rings is 1. The Morgan fingerprint density at radius 1 is 0.895 bits per heavy atom. The largest absolute Gasteiger partial charge is 0.451 e. The molecule has 0 N–H and O–H groups in total. The topological polar surface area (TPSA) is 39.2 Å². The van der Waals surface area contributed by atoms with Crippen LogP contribution in [0.15, 0.2) is 61.8 Å². The van der Waals surface area contributed by atoms with Crippen molar-refractivity contribution in [2.75, 3.05) is 0 Å². The van der Waals surface area contributed by atoms with Crippen molar-refractivity contribution in [1.29, 1.82) is 0 Å². The maximum atomic E-state index is 5.75. The zero-order valence-corrected chi connectivity index (χ0v) is 11.3. The van der Waals surface area contributed by atoms with Crippen LogP contribution in [-0.4, -0.2) is 4.98 Å². The molecule has 0 aliphatic rings. The quantitative estimate of drug-likeness (QED) is 0.496. The third-order valence-corrected chi connectivity index (χ3v) is 3.48. The molecule has 19 heavy (non-hydrogen) atoms. The van der Waals surface area contributed by atoms with Crippen molar-refractivity contribution in [3.8, 4) is 11.7 Å². The van der Waals surface area contributed by atoms with Gasteiger partial charge >= 0.3 is 0 Å². The van der Waals surface area contributed by atoms with E-state index in [1.807, 2.05) is 48.5 Å². The highest BCUT2D eigenvalue weighted by atomic mass is 79.9. The standard InChI is InChI=1S/C15H8BrNO2/c16-10-5-6-11-13(8-10)19-15(17-11)14-7-9-3-1-2-4-12(9)18-14/h1-8H. The second kappa shape index (κ2) is 3.96. The van der Waals surface area contributed by atoms with Gasteiger partial charge in [0.25, 0.3) is 5.89 Å². The summed E-state index contributed by atoms with van der Waals surface area (Å²) >= 11 is 3.41. The van der Waals surface area contributed by atoms with Gasteiger partial charge in [0, 0.05) is 9.86 Å². The Kier molecular flexibility index (Phi) is 2.26. The van der Waals surface area contributed by atoms with E-state index < -0.39 is 0 Å². The first-order chi connectivity index (χ1) is 9.29. The van der Waals surface area contributed by atoms with E-state index in [1.54, 1.807) is 0 Å². The summed E-state index contributed by atoms with van der Waals surface area (Å²) in [6.07, 6.45) is 0. The van der Waals surface area contributed by atoms with Gasteiger partial charge in [0.05, 0.1) is 0 Å². The van der Waals surface area contributed by atoms with E-state index in [0.29, 0.717) is 11.7 Å². The molecule has 0 saturated carbocycles. The Labute approximate surface area is 117 Å². The van der Waals surface area contributed by atoms with Crippen LogP contribution in [0.25, 0.3) is 33.7 Å². The molecule has 4 aromatic rings. The van der Waals surface area contributed by atoms with Gasteiger partial charge in [0.15, 0.2) is 11.3 Å². The first kappa shape index (κ1) is 10.8. The predicted octanol–water partition coefficient (Wildman–Crippen LogP) is 5.00. The molecular weight excluding hydrogens is 306 g/mol. The molecule has 4 rings (SSSR count). The lowest BCUT2D eigenvalue weighted by Gasteiger charge is -1.87. The van der Waals surface area contributed by atoms with Crippen molar-refractivity contribution in [1.82, 2.24) is 4.98 Å². The first-order valence-electron chi connectivity index (χ1n) is 5.85. The van der Waals surface area contributed by atoms with Crippen LogP contribution in [0.4, 0.5) is 0 Å². The molecule has 0 unspecified atom stereocenters. The van der Waals surface area contributed by atoms with Crippen LogP contribution in [0.1, 0.15) is 0 Å². The summed E-state index contributed by atoms with van der Waals surface area (Å²) in [4.78, 5) is 4.44. The van der Waals surface area contributed by atoms with Crippen LogP contribution in [-0.2, 0) is 0 Å². The minimum Gasteiger partial charge on any atom is -0.451 e. The minimum atomic E-state index is 0.504. The van der Waals surface area contributed by atoms with Crippen LogP contribution >= 0.6 is 15.9 Å². The summed E-state index contributed by atoms with van der Waals surface area (Å²) in [6.45, 7) is 0. The number of hydrogen-bond donors (Lipinski definition) is 0.